The maximum atomic E-state index is 3.51. The summed E-state index contributed by atoms with van der Waals surface area (Å²) in [6.45, 7) is 10.5. The van der Waals surface area contributed by atoms with Crippen molar-refractivity contribution >= 4 is 8.07 Å². The molecule has 0 bridgehead atoms. The van der Waals surface area contributed by atoms with Gasteiger partial charge in [0.25, 0.3) is 0 Å². The van der Waals surface area contributed by atoms with Gasteiger partial charge in [0.1, 0.15) is 0 Å². The molecule has 0 aliphatic carbocycles. The van der Waals surface area contributed by atoms with E-state index < -0.39 is 8.07 Å². The summed E-state index contributed by atoms with van der Waals surface area (Å²) >= 11 is 0. The molecule has 0 atom stereocenters. The van der Waals surface area contributed by atoms with Gasteiger partial charge < -0.3 is 0 Å². The second kappa shape index (κ2) is 2.90. The highest BCUT2D eigenvalue weighted by atomic mass is 28.3. The summed E-state index contributed by atoms with van der Waals surface area (Å²) in [4.78, 5) is 0. The highest BCUT2D eigenvalue weighted by Gasteiger charge is 2.08. The van der Waals surface area contributed by atoms with Gasteiger partial charge in [-0.05, 0) is 12.1 Å². The van der Waals surface area contributed by atoms with E-state index in [9.17, 15) is 0 Å². The zero-order valence-electron chi connectivity index (χ0n) is 5.99. The monoisotopic (exact) mass is 126 g/mol. The molecule has 0 aromatic carbocycles. The smallest absolute Gasteiger partial charge is 0.0487 e. The number of rotatable bonds is 2. The molecule has 0 heterocycles. The van der Waals surface area contributed by atoms with Crippen LogP contribution in [0.3, 0.4) is 0 Å². The van der Waals surface area contributed by atoms with E-state index in [-0.39, 0.29) is 0 Å². The second-order valence-corrected chi connectivity index (χ2v) is 8.70. The first kappa shape index (κ1) is 7.74. The van der Waals surface area contributed by atoms with Gasteiger partial charge in [0.15, 0.2) is 0 Å². The average molecular weight is 126 g/mol. The normalized spacial score (nSPS) is 10.4. The van der Waals surface area contributed by atoms with Crippen LogP contribution in [0.25, 0.3) is 0 Å². The van der Waals surface area contributed by atoms with E-state index in [0.717, 1.165) is 0 Å². The number of hydrogen-bond acceptors (Lipinski definition) is 0. The van der Waals surface area contributed by atoms with Crippen LogP contribution in [0.15, 0.2) is 18.4 Å². The molecule has 0 N–H and O–H groups in total. The molecule has 0 saturated heterocycles. The average Bonchev–Trinajstić information content (AvgIpc) is 1.59. The predicted molar refractivity (Wildman–Crippen MR) is 41.9 cm³/mol. The van der Waals surface area contributed by atoms with Crippen LogP contribution >= 0.6 is 0 Å². The first-order chi connectivity index (χ1) is 3.56. The molecule has 0 spiro atoms. The van der Waals surface area contributed by atoms with Gasteiger partial charge >= 0.3 is 0 Å². The van der Waals surface area contributed by atoms with Gasteiger partial charge in [-0.25, -0.2) is 0 Å². The van der Waals surface area contributed by atoms with Gasteiger partial charge in [-0.2, -0.15) is 0 Å². The van der Waals surface area contributed by atoms with Crippen molar-refractivity contribution in [3.05, 3.63) is 18.4 Å². The van der Waals surface area contributed by atoms with Crippen LogP contribution in [0, 0.1) is 0 Å². The van der Waals surface area contributed by atoms with Crippen LogP contribution in [0.1, 0.15) is 0 Å². The Balaban J connectivity index is 3.55. The molecular formula is C7H14Si. The molecular weight excluding hydrogens is 112 g/mol. The van der Waals surface area contributed by atoms with Crippen molar-refractivity contribution in [2.45, 2.75) is 25.7 Å². The van der Waals surface area contributed by atoms with Gasteiger partial charge in [-0.3, -0.25) is 0 Å². The SMILES string of the molecule is C=C=CC[Si](C)(C)C. The van der Waals surface area contributed by atoms with Crippen molar-refractivity contribution in [1.29, 1.82) is 0 Å². The molecule has 0 aliphatic rings. The van der Waals surface area contributed by atoms with E-state index in [4.69, 9.17) is 0 Å². The number of hydrogen-bond donors (Lipinski definition) is 0. The van der Waals surface area contributed by atoms with Crippen molar-refractivity contribution in [3.8, 4) is 0 Å². The minimum Gasteiger partial charge on any atom is -0.133 e. The second-order valence-electron chi connectivity index (χ2n) is 3.17. The van der Waals surface area contributed by atoms with E-state index in [0.29, 0.717) is 0 Å². The maximum absolute atomic E-state index is 3.51. The Morgan fingerprint density at radius 1 is 1.50 bits per heavy atom. The van der Waals surface area contributed by atoms with Gasteiger partial charge in [0, 0.05) is 8.07 Å². The first-order valence-electron chi connectivity index (χ1n) is 2.90. The Morgan fingerprint density at radius 3 is 2.12 bits per heavy atom. The highest BCUT2D eigenvalue weighted by Crippen LogP contribution is 2.06. The third-order valence-corrected chi connectivity index (χ3v) is 2.29. The maximum Gasteiger partial charge on any atom is 0.0487 e. The van der Waals surface area contributed by atoms with Crippen molar-refractivity contribution in [2.75, 3.05) is 0 Å². The summed E-state index contributed by atoms with van der Waals surface area (Å²) in [6.07, 6.45) is 2.03. The topological polar surface area (TPSA) is 0 Å². The zero-order valence-corrected chi connectivity index (χ0v) is 6.99. The molecule has 0 aromatic rings. The van der Waals surface area contributed by atoms with Gasteiger partial charge in [-0.15, -0.1) is 5.73 Å². The summed E-state index contributed by atoms with van der Waals surface area (Å²) in [5.74, 6) is 0. The quantitative estimate of drug-likeness (QED) is 0.394. The van der Waals surface area contributed by atoms with Crippen LogP contribution in [-0.2, 0) is 0 Å². The number of allylic oxidation sites excluding steroid dienone is 1. The summed E-state index contributed by atoms with van der Waals surface area (Å²) in [5, 5.41) is 0. The molecule has 0 amide bonds. The lowest BCUT2D eigenvalue weighted by Gasteiger charge is -2.10. The highest BCUT2D eigenvalue weighted by molar-refractivity contribution is 6.76. The third kappa shape index (κ3) is 5.74. The zero-order chi connectivity index (χ0) is 6.62. The lowest BCUT2D eigenvalue weighted by Crippen LogP contribution is -2.17. The molecule has 0 unspecified atom stereocenters. The van der Waals surface area contributed by atoms with Crippen molar-refractivity contribution < 1.29 is 0 Å². The largest absolute Gasteiger partial charge is 0.133 e. The fourth-order valence-electron chi connectivity index (χ4n) is 0.378. The molecule has 0 rings (SSSR count). The summed E-state index contributed by atoms with van der Waals surface area (Å²) in [7, 11) is -0.836. The van der Waals surface area contributed by atoms with E-state index >= 15 is 0 Å². The lowest BCUT2D eigenvalue weighted by molar-refractivity contribution is 1.52. The van der Waals surface area contributed by atoms with E-state index in [1.54, 1.807) is 0 Å². The minimum atomic E-state index is -0.836. The Morgan fingerprint density at radius 2 is 2.00 bits per heavy atom. The predicted octanol–water partition coefficient (Wildman–Crippen LogP) is 2.67. The fraction of sp³-hybridized carbons (Fsp3) is 0.571. The first-order valence-corrected chi connectivity index (χ1v) is 6.61. The molecule has 0 nitrogen and oxygen atoms in total. The Labute approximate surface area is 52.9 Å². The van der Waals surface area contributed by atoms with Crippen molar-refractivity contribution in [3.63, 3.8) is 0 Å². The van der Waals surface area contributed by atoms with Crippen LogP contribution in [0.5, 0.6) is 0 Å². The van der Waals surface area contributed by atoms with Gasteiger partial charge in [-0.1, -0.05) is 26.2 Å². The lowest BCUT2D eigenvalue weighted by atomic mass is 10.7. The molecule has 8 heavy (non-hydrogen) atoms. The summed E-state index contributed by atoms with van der Waals surface area (Å²) in [6, 6.07) is 1.20. The van der Waals surface area contributed by atoms with Crippen LogP contribution < -0.4 is 0 Å². The molecule has 0 radical (unpaired) electrons. The van der Waals surface area contributed by atoms with Gasteiger partial charge in [0.05, 0.1) is 0 Å². The Hall–Kier alpha value is -0.263. The standard InChI is InChI=1S/C7H14Si/c1-5-6-7-8(2,3)4/h6H,1,7H2,2-4H3. The van der Waals surface area contributed by atoms with Crippen molar-refractivity contribution in [2.24, 2.45) is 0 Å². The molecule has 0 aromatic heterocycles. The minimum absolute atomic E-state index is 0.836. The summed E-state index contributed by atoms with van der Waals surface area (Å²) in [5.41, 5.74) is 2.78. The van der Waals surface area contributed by atoms with Gasteiger partial charge in [0.2, 0.25) is 0 Å². The molecule has 46 valence electrons. The molecule has 1 heteroatoms. The van der Waals surface area contributed by atoms with E-state index in [1.807, 2.05) is 6.08 Å². The fourth-order valence-corrected chi connectivity index (χ4v) is 1.14. The van der Waals surface area contributed by atoms with E-state index in [2.05, 4.69) is 32.0 Å². The van der Waals surface area contributed by atoms with Crippen LogP contribution in [-0.4, -0.2) is 8.07 Å². The molecule has 0 aliphatic heterocycles. The van der Waals surface area contributed by atoms with Crippen LogP contribution in [0.4, 0.5) is 0 Å². The Kier molecular flexibility index (Phi) is 2.81. The third-order valence-electron chi connectivity index (χ3n) is 0.859. The molecule has 0 saturated carbocycles. The van der Waals surface area contributed by atoms with E-state index in [1.165, 1.54) is 6.04 Å². The molecule has 0 fully saturated rings. The van der Waals surface area contributed by atoms with Crippen LogP contribution in [0.2, 0.25) is 25.7 Å². The summed E-state index contributed by atoms with van der Waals surface area (Å²) < 4.78 is 0. The van der Waals surface area contributed by atoms with Crippen molar-refractivity contribution in [1.82, 2.24) is 0 Å². The Bertz CT molecular complexity index is 102.